The summed E-state index contributed by atoms with van der Waals surface area (Å²) in [5.74, 6) is 0. The van der Waals surface area contributed by atoms with Gasteiger partial charge in [0.15, 0.2) is 0 Å². The van der Waals surface area contributed by atoms with Gasteiger partial charge < -0.3 is 14.2 Å². The van der Waals surface area contributed by atoms with Crippen molar-refractivity contribution in [2.24, 2.45) is 5.41 Å². The number of alkyl halides is 1. The molecule has 2 aliphatic carbocycles. The number of methoxy groups -OCH3 is 1. The van der Waals surface area contributed by atoms with Gasteiger partial charge in [0.05, 0.1) is 19.3 Å². The van der Waals surface area contributed by atoms with Crippen LogP contribution in [0, 0.1) is 5.41 Å². The highest BCUT2D eigenvalue weighted by molar-refractivity contribution is 6.21. The number of hydrogen-bond acceptors (Lipinski definition) is 3. The maximum absolute atomic E-state index is 6.45. The van der Waals surface area contributed by atoms with Crippen LogP contribution in [0.15, 0.2) is 0 Å². The van der Waals surface area contributed by atoms with Gasteiger partial charge in [-0.1, -0.05) is 19.3 Å². The highest BCUT2D eigenvalue weighted by Crippen LogP contribution is 2.55. The summed E-state index contributed by atoms with van der Waals surface area (Å²) in [4.78, 5) is 0. The molecule has 2 atom stereocenters. The van der Waals surface area contributed by atoms with Crippen LogP contribution in [0.2, 0.25) is 0 Å². The molecule has 0 aromatic rings. The summed E-state index contributed by atoms with van der Waals surface area (Å²) in [7, 11) is 1.71. The van der Waals surface area contributed by atoms with Crippen LogP contribution in [0.1, 0.15) is 44.9 Å². The van der Waals surface area contributed by atoms with Gasteiger partial charge in [0.25, 0.3) is 0 Å². The standard InChI is InChI=1S/C15H27ClO3/c1-17-8-5-9-18-10-11-19-14-12-13(16)15(14)6-3-2-4-7-15/h13-14H,2-12H2,1H3. The van der Waals surface area contributed by atoms with Crippen molar-refractivity contribution in [2.75, 3.05) is 33.5 Å². The quantitative estimate of drug-likeness (QED) is 0.507. The van der Waals surface area contributed by atoms with Crippen LogP contribution in [-0.2, 0) is 14.2 Å². The Balaban J connectivity index is 1.58. The summed E-state index contributed by atoms with van der Waals surface area (Å²) in [5.41, 5.74) is 0.288. The molecule has 2 saturated carbocycles. The molecule has 0 radical (unpaired) electrons. The predicted molar refractivity (Wildman–Crippen MR) is 76.8 cm³/mol. The number of rotatable bonds is 8. The Hall–Kier alpha value is 0.170. The minimum atomic E-state index is 0.288. The lowest BCUT2D eigenvalue weighted by molar-refractivity contribution is -0.133. The van der Waals surface area contributed by atoms with Crippen LogP contribution in [0.5, 0.6) is 0 Å². The molecule has 19 heavy (non-hydrogen) atoms. The molecule has 0 aromatic heterocycles. The van der Waals surface area contributed by atoms with Gasteiger partial charge in [-0.2, -0.15) is 0 Å². The van der Waals surface area contributed by atoms with Gasteiger partial charge >= 0.3 is 0 Å². The van der Waals surface area contributed by atoms with Crippen molar-refractivity contribution in [2.45, 2.75) is 56.4 Å². The van der Waals surface area contributed by atoms with E-state index in [1.54, 1.807) is 7.11 Å². The second kappa shape index (κ2) is 7.82. The average molecular weight is 291 g/mol. The molecule has 0 bridgehead atoms. The van der Waals surface area contributed by atoms with Gasteiger partial charge in [-0.25, -0.2) is 0 Å². The third kappa shape index (κ3) is 3.84. The van der Waals surface area contributed by atoms with Crippen molar-refractivity contribution in [3.05, 3.63) is 0 Å². The molecule has 3 nitrogen and oxygen atoms in total. The first-order chi connectivity index (χ1) is 9.29. The molecular formula is C15H27ClO3. The highest BCUT2D eigenvalue weighted by atomic mass is 35.5. The van der Waals surface area contributed by atoms with Crippen molar-refractivity contribution in [1.82, 2.24) is 0 Å². The summed E-state index contributed by atoms with van der Waals surface area (Å²) in [5, 5.41) is 0.334. The van der Waals surface area contributed by atoms with Crippen molar-refractivity contribution < 1.29 is 14.2 Å². The smallest absolute Gasteiger partial charge is 0.0704 e. The van der Waals surface area contributed by atoms with Crippen molar-refractivity contribution in [3.63, 3.8) is 0 Å². The minimum absolute atomic E-state index is 0.288. The molecule has 4 heteroatoms. The summed E-state index contributed by atoms with van der Waals surface area (Å²) in [6, 6.07) is 0. The number of ether oxygens (including phenoxy) is 3. The average Bonchev–Trinajstić information content (AvgIpc) is 2.46. The monoisotopic (exact) mass is 290 g/mol. The van der Waals surface area contributed by atoms with E-state index >= 15 is 0 Å². The van der Waals surface area contributed by atoms with Crippen molar-refractivity contribution in [3.8, 4) is 0 Å². The van der Waals surface area contributed by atoms with E-state index in [2.05, 4.69) is 0 Å². The molecule has 112 valence electrons. The third-order valence-electron chi connectivity index (χ3n) is 4.65. The molecule has 0 aromatic carbocycles. The fraction of sp³-hybridized carbons (Fsp3) is 1.00. The SMILES string of the molecule is COCCCOCCOC1CC(Cl)C12CCCCC2. The molecule has 2 rings (SSSR count). The second-order valence-corrected chi connectivity index (χ2v) is 6.34. The number of hydrogen-bond donors (Lipinski definition) is 0. The van der Waals surface area contributed by atoms with E-state index in [1.807, 2.05) is 0 Å². The Kier molecular flexibility index (Phi) is 6.40. The Morgan fingerprint density at radius 1 is 1.05 bits per heavy atom. The first kappa shape index (κ1) is 15.6. The van der Waals surface area contributed by atoms with Gasteiger partial charge in [0.2, 0.25) is 0 Å². The van der Waals surface area contributed by atoms with Crippen molar-refractivity contribution >= 4 is 11.6 Å². The zero-order valence-electron chi connectivity index (χ0n) is 12.0. The minimum Gasteiger partial charge on any atom is -0.385 e. The van der Waals surface area contributed by atoms with Gasteiger partial charge in [-0.3, -0.25) is 0 Å². The lowest BCUT2D eigenvalue weighted by Gasteiger charge is -2.55. The zero-order valence-corrected chi connectivity index (χ0v) is 12.8. The lowest BCUT2D eigenvalue weighted by Crippen LogP contribution is -2.56. The van der Waals surface area contributed by atoms with Gasteiger partial charge in [-0.05, 0) is 25.7 Å². The van der Waals surface area contributed by atoms with E-state index in [0.717, 1.165) is 26.1 Å². The largest absolute Gasteiger partial charge is 0.385 e. The maximum Gasteiger partial charge on any atom is 0.0704 e. The van der Waals surface area contributed by atoms with E-state index in [9.17, 15) is 0 Å². The van der Waals surface area contributed by atoms with Crippen LogP contribution < -0.4 is 0 Å². The Morgan fingerprint density at radius 2 is 1.84 bits per heavy atom. The highest BCUT2D eigenvalue weighted by Gasteiger charge is 2.54. The molecule has 0 N–H and O–H groups in total. The molecule has 2 unspecified atom stereocenters. The van der Waals surface area contributed by atoms with Crippen molar-refractivity contribution in [1.29, 1.82) is 0 Å². The van der Waals surface area contributed by atoms with E-state index in [0.29, 0.717) is 24.7 Å². The van der Waals surface area contributed by atoms with Gasteiger partial charge in [0.1, 0.15) is 0 Å². The first-order valence-corrected chi connectivity index (χ1v) is 8.05. The van der Waals surface area contributed by atoms with Gasteiger partial charge in [-0.15, -0.1) is 11.6 Å². The topological polar surface area (TPSA) is 27.7 Å². The van der Waals surface area contributed by atoms with E-state index in [4.69, 9.17) is 25.8 Å². The molecule has 0 amide bonds. The Labute approximate surface area is 121 Å². The summed E-state index contributed by atoms with van der Waals surface area (Å²) in [6.07, 6.45) is 8.84. The van der Waals surface area contributed by atoms with Crippen LogP contribution in [0.3, 0.4) is 0 Å². The fourth-order valence-electron chi connectivity index (χ4n) is 3.43. The summed E-state index contributed by atoms with van der Waals surface area (Å²) >= 11 is 6.45. The normalized spacial score (nSPS) is 29.4. The maximum atomic E-state index is 6.45. The van der Waals surface area contributed by atoms with Gasteiger partial charge in [0, 0.05) is 31.1 Å². The Morgan fingerprint density at radius 3 is 2.53 bits per heavy atom. The van der Waals surface area contributed by atoms with Crippen LogP contribution >= 0.6 is 11.6 Å². The predicted octanol–water partition coefficient (Wildman–Crippen LogP) is 3.39. The van der Waals surface area contributed by atoms with Crippen LogP contribution in [-0.4, -0.2) is 45.0 Å². The van der Waals surface area contributed by atoms with E-state index in [1.165, 1.54) is 32.1 Å². The Bertz CT molecular complexity index is 254. The third-order valence-corrected chi connectivity index (χ3v) is 5.27. The molecule has 0 heterocycles. The molecule has 2 fully saturated rings. The summed E-state index contributed by atoms with van der Waals surface area (Å²) in [6.45, 7) is 2.90. The summed E-state index contributed by atoms with van der Waals surface area (Å²) < 4.78 is 16.5. The second-order valence-electron chi connectivity index (χ2n) is 5.82. The molecule has 1 spiro atoms. The lowest BCUT2D eigenvalue weighted by atomic mass is 9.58. The van der Waals surface area contributed by atoms with Crippen LogP contribution in [0.4, 0.5) is 0 Å². The van der Waals surface area contributed by atoms with E-state index < -0.39 is 0 Å². The van der Waals surface area contributed by atoms with E-state index in [-0.39, 0.29) is 5.41 Å². The molecule has 0 saturated heterocycles. The van der Waals surface area contributed by atoms with Crippen LogP contribution in [0.25, 0.3) is 0 Å². The molecule has 2 aliphatic rings. The number of halogens is 1. The first-order valence-electron chi connectivity index (χ1n) is 7.62. The molecule has 0 aliphatic heterocycles. The molecular weight excluding hydrogens is 264 g/mol. The zero-order chi connectivity index (χ0) is 13.6. The fourth-order valence-corrected chi connectivity index (χ4v) is 3.96.